The average Bonchev–Trinajstić information content (AvgIpc) is 2.65. The third-order valence-corrected chi connectivity index (χ3v) is 3.51. The molecule has 1 saturated heterocycles. The second-order valence-corrected chi connectivity index (χ2v) is 5.40. The lowest BCUT2D eigenvalue weighted by Crippen LogP contribution is -2.24. The molecule has 1 heterocycles. The molecule has 10 heteroatoms. The van der Waals surface area contributed by atoms with Gasteiger partial charge in [-0.05, 0) is 19.3 Å². The molecule has 1 fully saturated rings. The SMILES string of the molecule is O=C(CCOCCOC1CCCCO1)Oc1c(F)c(F)c(F)c(F)c1F. The average molecular weight is 384 g/mol. The molecule has 0 N–H and O–H groups in total. The molecule has 0 aliphatic carbocycles. The summed E-state index contributed by atoms with van der Waals surface area (Å²) in [6.45, 7) is 0.811. The highest BCUT2D eigenvalue weighted by molar-refractivity contribution is 5.72. The molecule has 26 heavy (non-hydrogen) atoms. The lowest BCUT2D eigenvalue weighted by atomic mass is 10.2. The maximum Gasteiger partial charge on any atom is 0.313 e. The Morgan fingerprint density at radius 1 is 0.923 bits per heavy atom. The minimum Gasteiger partial charge on any atom is -0.420 e. The van der Waals surface area contributed by atoms with E-state index in [1.807, 2.05) is 0 Å². The van der Waals surface area contributed by atoms with Gasteiger partial charge < -0.3 is 18.9 Å². The molecule has 1 aromatic rings. The lowest BCUT2D eigenvalue weighted by Gasteiger charge is -2.22. The molecule has 0 amide bonds. The van der Waals surface area contributed by atoms with Crippen LogP contribution in [0.2, 0.25) is 0 Å². The van der Waals surface area contributed by atoms with Gasteiger partial charge in [-0.1, -0.05) is 0 Å². The maximum absolute atomic E-state index is 13.4. The lowest BCUT2D eigenvalue weighted by molar-refractivity contribution is -0.169. The van der Waals surface area contributed by atoms with E-state index in [1.165, 1.54) is 0 Å². The minimum atomic E-state index is -2.33. The van der Waals surface area contributed by atoms with Gasteiger partial charge in [-0.3, -0.25) is 4.79 Å². The Morgan fingerprint density at radius 3 is 2.19 bits per heavy atom. The molecule has 1 atom stereocenters. The van der Waals surface area contributed by atoms with Crippen LogP contribution in [0.3, 0.4) is 0 Å². The van der Waals surface area contributed by atoms with Crippen LogP contribution in [0.25, 0.3) is 0 Å². The first-order valence-corrected chi connectivity index (χ1v) is 7.95. The molecule has 1 aliphatic rings. The van der Waals surface area contributed by atoms with Crippen LogP contribution in [0.1, 0.15) is 25.7 Å². The van der Waals surface area contributed by atoms with E-state index in [0.717, 1.165) is 19.3 Å². The van der Waals surface area contributed by atoms with Crippen molar-refractivity contribution in [3.63, 3.8) is 0 Å². The van der Waals surface area contributed by atoms with E-state index >= 15 is 0 Å². The van der Waals surface area contributed by atoms with Crippen LogP contribution in [0.5, 0.6) is 5.75 Å². The predicted molar refractivity (Wildman–Crippen MR) is 76.8 cm³/mol. The molecule has 0 bridgehead atoms. The Hall–Kier alpha value is -1.78. The number of rotatable bonds is 8. The van der Waals surface area contributed by atoms with Crippen molar-refractivity contribution in [2.75, 3.05) is 26.4 Å². The third kappa shape index (κ3) is 5.36. The van der Waals surface area contributed by atoms with Gasteiger partial charge in [0.2, 0.25) is 34.8 Å². The number of hydrogen-bond donors (Lipinski definition) is 0. The first kappa shape index (κ1) is 20.5. The molecule has 2 rings (SSSR count). The number of halogens is 5. The largest absolute Gasteiger partial charge is 0.420 e. The second-order valence-electron chi connectivity index (χ2n) is 5.40. The molecule has 1 unspecified atom stereocenters. The summed E-state index contributed by atoms with van der Waals surface area (Å²) in [5.41, 5.74) is 0. The van der Waals surface area contributed by atoms with Crippen LogP contribution in [-0.4, -0.2) is 38.7 Å². The molecule has 1 aliphatic heterocycles. The Balaban J connectivity index is 1.71. The number of carbonyl (C=O) groups excluding carboxylic acids is 1. The van der Waals surface area contributed by atoms with Crippen molar-refractivity contribution in [2.45, 2.75) is 32.0 Å². The third-order valence-electron chi connectivity index (χ3n) is 3.51. The molecule has 1 aromatic carbocycles. The first-order chi connectivity index (χ1) is 12.4. The zero-order chi connectivity index (χ0) is 19.1. The van der Waals surface area contributed by atoms with E-state index < -0.39 is 47.2 Å². The van der Waals surface area contributed by atoms with Gasteiger partial charge in [0.1, 0.15) is 0 Å². The fourth-order valence-electron chi connectivity index (χ4n) is 2.18. The highest BCUT2D eigenvalue weighted by Gasteiger charge is 2.28. The molecule has 0 aromatic heterocycles. The highest BCUT2D eigenvalue weighted by atomic mass is 19.2. The Morgan fingerprint density at radius 2 is 1.58 bits per heavy atom. The summed E-state index contributed by atoms with van der Waals surface area (Å²) in [6.07, 6.45) is 2.05. The van der Waals surface area contributed by atoms with E-state index in [9.17, 15) is 26.7 Å². The first-order valence-electron chi connectivity index (χ1n) is 7.95. The van der Waals surface area contributed by atoms with Crippen molar-refractivity contribution in [3.8, 4) is 5.75 Å². The maximum atomic E-state index is 13.4. The van der Waals surface area contributed by atoms with Crippen LogP contribution in [0.4, 0.5) is 22.0 Å². The van der Waals surface area contributed by atoms with Crippen molar-refractivity contribution in [1.82, 2.24) is 0 Å². The summed E-state index contributed by atoms with van der Waals surface area (Å²) in [7, 11) is 0. The van der Waals surface area contributed by atoms with Gasteiger partial charge in [-0.25, -0.2) is 13.2 Å². The standard InChI is InChI=1S/C16H17F5O5/c17-11-12(18)14(20)16(15(21)13(11)19)26-9(22)4-6-23-7-8-25-10-3-1-2-5-24-10/h10H,1-8H2. The fraction of sp³-hybridized carbons (Fsp3) is 0.562. The van der Waals surface area contributed by atoms with Gasteiger partial charge in [-0.15, -0.1) is 0 Å². The summed E-state index contributed by atoms with van der Waals surface area (Å²) in [5.74, 6) is -14.0. The van der Waals surface area contributed by atoms with Crippen molar-refractivity contribution < 1.29 is 45.7 Å². The van der Waals surface area contributed by atoms with Gasteiger partial charge in [0, 0.05) is 6.61 Å². The number of esters is 1. The van der Waals surface area contributed by atoms with Crippen LogP contribution < -0.4 is 4.74 Å². The molecular formula is C16H17F5O5. The van der Waals surface area contributed by atoms with E-state index in [0.29, 0.717) is 6.61 Å². The second kappa shape index (κ2) is 9.79. The molecule has 0 saturated carbocycles. The molecule has 146 valence electrons. The zero-order valence-corrected chi connectivity index (χ0v) is 13.7. The minimum absolute atomic E-state index is 0.135. The summed E-state index contributed by atoms with van der Waals surface area (Å²) < 4.78 is 85.6. The van der Waals surface area contributed by atoms with E-state index in [2.05, 4.69) is 4.74 Å². The van der Waals surface area contributed by atoms with E-state index in [4.69, 9.17) is 14.2 Å². The van der Waals surface area contributed by atoms with Gasteiger partial charge in [0.25, 0.3) is 0 Å². The smallest absolute Gasteiger partial charge is 0.313 e. The molecule has 0 radical (unpaired) electrons. The monoisotopic (exact) mass is 384 g/mol. The van der Waals surface area contributed by atoms with Crippen LogP contribution in [-0.2, 0) is 19.0 Å². The summed E-state index contributed by atoms with van der Waals surface area (Å²) >= 11 is 0. The van der Waals surface area contributed by atoms with E-state index in [-0.39, 0.29) is 26.1 Å². The zero-order valence-electron chi connectivity index (χ0n) is 13.7. The Bertz CT molecular complexity index is 605. The van der Waals surface area contributed by atoms with Gasteiger partial charge in [0.15, 0.2) is 6.29 Å². The van der Waals surface area contributed by atoms with Crippen molar-refractivity contribution in [1.29, 1.82) is 0 Å². The normalized spacial score (nSPS) is 17.3. The van der Waals surface area contributed by atoms with Gasteiger partial charge in [0.05, 0.1) is 26.2 Å². The summed E-state index contributed by atoms with van der Waals surface area (Å²) in [4.78, 5) is 11.5. The number of benzene rings is 1. The fourth-order valence-corrected chi connectivity index (χ4v) is 2.18. The highest BCUT2D eigenvalue weighted by Crippen LogP contribution is 2.29. The topological polar surface area (TPSA) is 54.0 Å². The quantitative estimate of drug-likeness (QED) is 0.172. The molecular weight excluding hydrogens is 367 g/mol. The van der Waals surface area contributed by atoms with Crippen LogP contribution >= 0.6 is 0 Å². The Kier molecular flexibility index (Phi) is 7.73. The molecule has 0 spiro atoms. The van der Waals surface area contributed by atoms with Crippen molar-refractivity contribution >= 4 is 5.97 Å². The van der Waals surface area contributed by atoms with Gasteiger partial charge >= 0.3 is 5.97 Å². The predicted octanol–water partition coefficient (Wildman–Crippen LogP) is 3.24. The van der Waals surface area contributed by atoms with Gasteiger partial charge in [-0.2, -0.15) is 8.78 Å². The molecule has 5 nitrogen and oxygen atoms in total. The number of carbonyl (C=O) groups is 1. The van der Waals surface area contributed by atoms with Crippen molar-refractivity contribution in [2.24, 2.45) is 0 Å². The van der Waals surface area contributed by atoms with Crippen LogP contribution in [0, 0.1) is 29.1 Å². The summed E-state index contributed by atoms with van der Waals surface area (Å²) in [5, 5.41) is 0. The summed E-state index contributed by atoms with van der Waals surface area (Å²) in [6, 6.07) is 0. The van der Waals surface area contributed by atoms with Crippen LogP contribution in [0.15, 0.2) is 0 Å². The van der Waals surface area contributed by atoms with E-state index in [1.54, 1.807) is 0 Å². The Labute approximate surface area is 146 Å². The number of ether oxygens (including phenoxy) is 4. The number of hydrogen-bond acceptors (Lipinski definition) is 5. The van der Waals surface area contributed by atoms with Crippen molar-refractivity contribution in [3.05, 3.63) is 29.1 Å².